The number of amides is 1. The van der Waals surface area contributed by atoms with E-state index >= 15 is 0 Å². The van der Waals surface area contributed by atoms with Crippen LogP contribution in [0.25, 0.3) is 0 Å². The highest BCUT2D eigenvalue weighted by Gasteiger charge is 2.45. The van der Waals surface area contributed by atoms with Gasteiger partial charge in [0.15, 0.2) is 5.96 Å². The Kier molecular flexibility index (Phi) is 8.33. The van der Waals surface area contributed by atoms with Gasteiger partial charge in [0.1, 0.15) is 5.82 Å². The molecule has 1 aromatic rings. The smallest absolute Gasteiger partial charge is 0.409 e. The third kappa shape index (κ3) is 5.48. The van der Waals surface area contributed by atoms with Gasteiger partial charge in [-0.15, -0.1) is 24.0 Å². The Morgan fingerprint density at radius 1 is 1.32 bits per heavy atom. The summed E-state index contributed by atoms with van der Waals surface area (Å²) in [7, 11) is 1.74. The van der Waals surface area contributed by atoms with E-state index in [9.17, 15) is 9.18 Å². The van der Waals surface area contributed by atoms with Crippen molar-refractivity contribution in [1.29, 1.82) is 0 Å². The summed E-state index contributed by atoms with van der Waals surface area (Å²) in [5, 5.41) is 6.80. The van der Waals surface area contributed by atoms with Crippen molar-refractivity contribution in [2.24, 2.45) is 4.99 Å². The van der Waals surface area contributed by atoms with Crippen LogP contribution in [0.5, 0.6) is 0 Å². The normalized spacial score (nSPS) is 18.8. The highest BCUT2D eigenvalue weighted by Crippen LogP contribution is 2.48. The quantitative estimate of drug-likeness (QED) is 0.367. The van der Waals surface area contributed by atoms with Crippen molar-refractivity contribution >= 4 is 36.0 Å². The van der Waals surface area contributed by atoms with Crippen molar-refractivity contribution in [2.45, 2.75) is 44.1 Å². The lowest BCUT2D eigenvalue weighted by molar-refractivity contribution is 0.0963. The van der Waals surface area contributed by atoms with E-state index in [2.05, 4.69) is 15.6 Å². The molecule has 0 aromatic heterocycles. The van der Waals surface area contributed by atoms with Gasteiger partial charge < -0.3 is 20.3 Å². The van der Waals surface area contributed by atoms with E-state index in [0.717, 1.165) is 37.2 Å². The van der Waals surface area contributed by atoms with E-state index in [1.807, 2.05) is 19.1 Å². The first-order chi connectivity index (χ1) is 13.1. The van der Waals surface area contributed by atoms with E-state index in [4.69, 9.17) is 4.74 Å². The fraction of sp³-hybridized carbons (Fsp3) is 0.600. The van der Waals surface area contributed by atoms with E-state index < -0.39 is 0 Å². The molecule has 1 saturated carbocycles. The number of carbonyl (C=O) groups excluding carboxylic acids is 1. The van der Waals surface area contributed by atoms with Crippen molar-refractivity contribution in [3.8, 4) is 0 Å². The van der Waals surface area contributed by atoms with Crippen LogP contribution >= 0.6 is 24.0 Å². The molecule has 0 bridgehead atoms. The summed E-state index contributed by atoms with van der Waals surface area (Å²) in [5.74, 6) is 0.596. The molecule has 0 atom stereocenters. The Bertz CT molecular complexity index is 689. The summed E-state index contributed by atoms with van der Waals surface area (Å²) in [6.07, 6.45) is 3.42. The molecule has 3 rings (SSSR count). The van der Waals surface area contributed by atoms with Crippen LogP contribution in [-0.2, 0) is 10.2 Å². The summed E-state index contributed by atoms with van der Waals surface area (Å²) >= 11 is 0. The van der Waals surface area contributed by atoms with Gasteiger partial charge in [-0.2, -0.15) is 0 Å². The van der Waals surface area contributed by atoms with Gasteiger partial charge in [0, 0.05) is 38.1 Å². The van der Waals surface area contributed by atoms with Crippen LogP contribution in [-0.4, -0.2) is 56.3 Å². The first-order valence-electron chi connectivity index (χ1n) is 9.72. The second-order valence-electron chi connectivity index (χ2n) is 7.29. The molecule has 0 spiro atoms. The molecule has 1 amide bonds. The number of piperidine rings is 1. The third-order valence-corrected chi connectivity index (χ3v) is 5.48. The number of nitrogens with one attached hydrogen (secondary N) is 2. The molecule has 1 aromatic carbocycles. The fourth-order valence-electron chi connectivity index (χ4n) is 3.65. The number of halogens is 2. The summed E-state index contributed by atoms with van der Waals surface area (Å²) in [6, 6.07) is 7.28. The first-order valence-corrected chi connectivity index (χ1v) is 9.72. The van der Waals surface area contributed by atoms with Gasteiger partial charge in [0.05, 0.1) is 6.61 Å². The molecule has 1 aliphatic heterocycles. The van der Waals surface area contributed by atoms with Crippen molar-refractivity contribution in [3.63, 3.8) is 0 Å². The molecule has 28 heavy (non-hydrogen) atoms. The number of nitrogens with zero attached hydrogens (tertiary/aromatic N) is 2. The second-order valence-corrected chi connectivity index (χ2v) is 7.29. The topological polar surface area (TPSA) is 66.0 Å². The highest BCUT2D eigenvalue weighted by atomic mass is 127. The predicted octanol–water partition coefficient (Wildman–Crippen LogP) is 3.26. The number of ether oxygens (including phenoxy) is 1. The minimum atomic E-state index is -0.237. The van der Waals surface area contributed by atoms with Crippen LogP contribution in [0, 0.1) is 5.82 Å². The lowest BCUT2D eigenvalue weighted by atomic mass is 9.95. The maximum atomic E-state index is 14.1. The van der Waals surface area contributed by atoms with Crippen LogP contribution in [0.15, 0.2) is 29.3 Å². The largest absolute Gasteiger partial charge is 0.450 e. The molecule has 1 aliphatic carbocycles. The number of hydrogen-bond acceptors (Lipinski definition) is 3. The number of likely N-dealkylation sites (tertiary alicyclic amines) is 1. The third-order valence-electron chi connectivity index (χ3n) is 5.48. The number of guanidine groups is 1. The molecule has 2 fully saturated rings. The van der Waals surface area contributed by atoms with Gasteiger partial charge in [-0.05, 0) is 44.2 Å². The predicted molar refractivity (Wildman–Crippen MR) is 119 cm³/mol. The van der Waals surface area contributed by atoms with Crippen molar-refractivity contribution < 1.29 is 13.9 Å². The van der Waals surface area contributed by atoms with Crippen LogP contribution in [0.4, 0.5) is 9.18 Å². The van der Waals surface area contributed by atoms with Gasteiger partial charge in [0.25, 0.3) is 0 Å². The van der Waals surface area contributed by atoms with Crippen LogP contribution in [0.1, 0.15) is 38.2 Å². The molecule has 6 nitrogen and oxygen atoms in total. The Morgan fingerprint density at radius 2 is 2.00 bits per heavy atom. The maximum absolute atomic E-state index is 14.1. The van der Waals surface area contributed by atoms with E-state index in [0.29, 0.717) is 26.2 Å². The standard InChI is InChI=1S/C20H29FN4O2.HI/c1-3-27-19(26)25-12-8-15(9-13-25)24-18(22-2)23-14-20(10-11-20)16-6-4-5-7-17(16)21;/h4-7,15H,3,8-14H2,1-2H3,(H2,22,23,24);1H. The van der Waals surface area contributed by atoms with Gasteiger partial charge in [-0.3, -0.25) is 4.99 Å². The molecular formula is C20H30FIN4O2. The number of benzene rings is 1. The molecule has 1 heterocycles. The number of aliphatic imine (C=N–C) groups is 1. The summed E-state index contributed by atoms with van der Waals surface area (Å²) < 4.78 is 19.2. The number of carbonyl (C=O) groups is 1. The van der Waals surface area contributed by atoms with Gasteiger partial charge in [0.2, 0.25) is 0 Å². The SMILES string of the molecule is CCOC(=O)N1CCC(NC(=NC)NCC2(c3ccccc3F)CC2)CC1.I. The average Bonchev–Trinajstić information content (AvgIpc) is 3.47. The Morgan fingerprint density at radius 3 is 2.57 bits per heavy atom. The van der Waals surface area contributed by atoms with E-state index in [-0.39, 0.29) is 47.3 Å². The van der Waals surface area contributed by atoms with Crippen LogP contribution < -0.4 is 10.6 Å². The zero-order valence-electron chi connectivity index (χ0n) is 16.5. The van der Waals surface area contributed by atoms with Crippen LogP contribution in [0.3, 0.4) is 0 Å². The Hall–Kier alpha value is -1.58. The van der Waals surface area contributed by atoms with Crippen LogP contribution in [0.2, 0.25) is 0 Å². The lowest BCUT2D eigenvalue weighted by Gasteiger charge is -2.32. The highest BCUT2D eigenvalue weighted by molar-refractivity contribution is 14.0. The summed E-state index contributed by atoms with van der Waals surface area (Å²) in [5.41, 5.74) is 0.659. The van der Waals surface area contributed by atoms with E-state index in [1.54, 1.807) is 18.0 Å². The van der Waals surface area contributed by atoms with Gasteiger partial charge in [-0.25, -0.2) is 9.18 Å². The average molecular weight is 504 g/mol. The van der Waals surface area contributed by atoms with Crippen molar-refractivity contribution in [3.05, 3.63) is 35.6 Å². The Labute approximate surface area is 183 Å². The minimum absolute atomic E-state index is 0. The lowest BCUT2D eigenvalue weighted by Crippen LogP contribution is -2.50. The molecule has 1 saturated heterocycles. The Balaban J connectivity index is 0.00000280. The molecule has 0 unspecified atom stereocenters. The second kappa shape index (κ2) is 10.3. The number of rotatable bonds is 5. The van der Waals surface area contributed by atoms with Gasteiger partial charge in [-0.1, -0.05) is 18.2 Å². The summed E-state index contributed by atoms with van der Waals surface area (Å²) in [6.45, 7) is 4.22. The zero-order valence-corrected chi connectivity index (χ0v) is 18.9. The zero-order chi connectivity index (χ0) is 19.3. The molecular weight excluding hydrogens is 474 g/mol. The molecule has 8 heteroatoms. The molecule has 2 N–H and O–H groups in total. The fourth-order valence-corrected chi connectivity index (χ4v) is 3.65. The number of hydrogen-bond donors (Lipinski definition) is 2. The van der Waals surface area contributed by atoms with Crippen molar-refractivity contribution in [1.82, 2.24) is 15.5 Å². The van der Waals surface area contributed by atoms with E-state index in [1.165, 1.54) is 6.07 Å². The van der Waals surface area contributed by atoms with Gasteiger partial charge >= 0.3 is 6.09 Å². The molecule has 0 radical (unpaired) electrons. The minimum Gasteiger partial charge on any atom is -0.450 e. The first kappa shape index (κ1) is 22.7. The summed E-state index contributed by atoms with van der Waals surface area (Å²) in [4.78, 5) is 17.8. The molecule has 156 valence electrons. The monoisotopic (exact) mass is 504 g/mol. The maximum Gasteiger partial charge on any atom is 0.409 e. The molecule has 2 aliphatic rings. The van der Waals surface area contributed by atoms with Crippen molar-refractivity contribution in [2.75, 3.05) is 33.3 Å².